The SMILES string of the molecule is Cc1ncccc1NC(=O)C1CCNc2ccccc21. The number of carbonyl (C=O) groups excluding carboxylic acids is 1. The molecular formula is C16H17N3O. The van der Waals surface area contributed by atoms with E-state index in [-0.39, 0.29) is 11.8 Å². The van der Waals surface area contributed by atoms with Gasteiger partial charge in [0.2, 0.25) is 5.91 Å². The van der Waals surface area contributed by atoms with Crippen molar-refractivity contribution in [2.45, 2.75) is 19.3 Å². The zero-order valence-corrected chi connectivity index (χ0v) is 11.4. The molecule has 0 bridgehead atoms. The second kappa shape index (κ2) is 5.33. The van der Waals surface area contributed by atoms with E-state index in [0.717, 1.165) is 35.6 Å². The number of amides is 1. The Morgan fingerprint density at radius 3 is 3.00 bits per heavy atom. The number of para-hydroxylation sites is 1. The van der Waals surface area contributed by atoms with Crippen molar-refractivity contribution in [2.75, 3.05) is 17.2 Å². The standard InChI is InChI=1S/C16H17N3O/c1-11-14(7-4-9-17-11)19-16(20)13-8-10-18-15-6-3-2-5-12(13)15/h2-7,9,13,18H,8,10H2,1H3,(H,19,20). The number of aryl methyl sites for hydroxylation is 1. The van der Waals surface area contributed by atoms with Crippen molar-refractivity contribution in [1.29, 1.82) is 0 Å². The van der Waals surface area contributed by atoms with Crippen LogP contribution in [0, 0.1) is 6.92 Å². The Hall–Kier alpha value is -2.36. The fourth-order valence-corrected chi connectivity index (χ4v) is 2.58. The van der Waals surface area contributed by atoms with Gasteiger partial charge in [-0.05, 0) is 37.1 Å². The minimum Gasteiger partial charge on any atom is -0.385 e. The lowest BCUT2D eigenvalue weighted by Crippen LogP contribution is -2.27. The average molecular weight is 267 g/mol. The molecule has 0 radical (unpaired) electrons. The molecule has 4 heteroatoms. The van der Waals surface area contributed by atoms with Crippen molar-refractivity contribution < 1.29 is 4.79 Å². The van der Waals surface area contributed by atoms with Crippen LogP contribution in [0.4, 0.5) is 11.4 Å². The Morgan fingerprint density at radius 1 is 1.30 bits per heavy atom. The van der Waals surface area contributed by atoms with Crippen LogP contribution in [0.5, 0.6) is 0 Å². The van der Waals surface area contributed by atoms with Gasteiger partial charge in [0.05, 0.1) is 17.3 Å². The van der Waals surface area contributed by atoms with Crippen molar-refractivity contribution in [3.05, 3.63) is 53.9 Å². The Bertz CT molecular complexity index is 639. The molecule has 0 spiro atoms. The number of hydrogen-bond acceptors (Lipinski definition) is 3. The molecule has 20 heavy (non-hydrogen) atoms. The van der Waals surface area contributed by atoms with Gasteiger partial charge in [0.1, 0.15) is 0 Å². The fourth-order valence-electron chi connectivity index (χ4n) is 2.58. The maximum absolute atomic E-state index is 12.5. The monoisotopic (exact) mass is 267 g/mol. The highest BCUT2D eigenvalue weighted by Gasteiger charge is 2.26. The summed E-state index contributed by atoms with van der Waals surface area (Å²) in [5.41, 5.74) is 3.75. The van der Waals surface area contributed by atoms with Gasteiger partial charge in [0.25, 0.3) is 0 Å². The van der Waals surface area contributed by atoms with E-state index >= 15 is 0 Å². The third-order valence-electron chi connectivity index (χ3n) is 3.67. The number of rotatable bonds is 2. The maximum Gasteiger partial charge on any atom is 0.232 e. The van der Waals surface area contributed by atoms with Crippen molar-refractivity contribution in [1.82, 2.24) is 4.98 Å². The topological polar surface area (TPSA) is 54.0 Å². The van der Waals surface area contributed by atoms with Crippen LogP contribution in [0.2, 0.25) is 0 Å². The molecule has 2 heterocycles. The van der Waals surface area contributed by atoms with E-state index in [4.69, 9.17) is 0 Å². The van der Waals surface area contributed by atoms with Crippen molar-refractivity contribution in [3.63, 3.8) is 0 Å². The molecule has 2 N–H and O–H groups in total. The van der Waals surface area contributed by atoms with Gasteiger partial charge in [-0.15, -0.1) is 0 Å². The van der Waals surface area contributed by atoms with Crippen LogP contribution in [0.1, 0.15) is 23.6 Å². The molecule has 0 saturated carbocycles. The third kappa shape index (κ3) is 2.37. The fraction of sp³-hybridized carbons (Fsp3) is 0.250. The summed E-state index contributed by atoms with van der Waals surface area (Å²) in [6.07, 6.45) is 2.53. The molecule has 1 aliphatic heterocycles. The average Bonchev–Trinajstić information content (AvgIpc) is 2.49. The summed E-state index contributed by atoms with van der Waals surface area (Å²) in [4.78, 5) is 16.7. The first-order chi connectivity index (χ1) is 9.75. The van der Waals surface area contributed by atoms with Crippen LogP contribution in [-0.4, -0.2) is 17.4 Å². The van der Waals surface area contributed by atoms with E-state index in [1.54, 1.807) is 6.20 Å². The molecular weight excluding hydrogens is 250 g/mol. The lowest BCUT2D eigenvalue weighted by atomic mass is 9.90. The first-order valence-corrected chi connectivity index (χ1v) is 6.81. The van der Waals surface area contributed by atoms with Crippen molar-refractivity contribution in [3.8, 4) is 0 Å². The molecule has 1 atom stereocenters. The summed E-state index contributed by atoms with van der Waals surface area (Å²) < 4.78 is 0. The zero-order valence-electron chi connectivity index (χ0n) is 11.4. The minimum atomic E-state index is -0.105. The van der Waals surface area contributed by atoms with Crippen molar-refractivity contribution in [2.24, 2.45) is 0 Å². The highest BCUT2D eigenvalue weighted by molar-refractivity contribution is 5.97. The summed E-state index contributed by atoms with van der Waals surface area (Å²) in [7, 11) is 0. The third-order valence-corrected chi connectivity index (χ3v) is 3.67. The van der Waals surface area contributed by atoms with Gasteiger partial charge in [-0.2, -0.15) is 0 Å². The summed E-state index contributed by atoms with van der Waals surface area (Å²) in [6, 6.07) is 11.7. The molecule has 1 aliphatic rings. The molecule has 1 aromatic heterocycles. The summed E-state index contributed by atoms with van der Waals surface area (Å²) >= 11 is 0. The van der Waals surface area contributed by atoms with Crippen LogP contribution < -0.4 is 10.6 Å². The number of aromatic nitrogens is 1. The van der Waals surface area contributed by atoms with Gasteiger partial charge in [-0.3, -0.25) is 9.78 Å². The quantitative estimate of drug-likeness (QED) is 0.879. The zero-order chi connectivity index (χ0) is 13.9. The molecule has 1 amide bonds. The van der Waals surface area contributed by atoms with E-state index in [2.05, 4.69) is 15.6 Å². The van der Waals surface area contributed by atoms with Crippen LogP contribution in [0.25, 0.3) is 0 Å². The number of hydrogen-bond donors (Lipinski definition) is 2. The molecule has 0 aliphatic carbocycles. The van der Waals surface area contributed by atoms with Gasteiger partial charge in [0, 0.05) is 18.4 Å². The van der Waals surface area contributed by atoms with Gasteiger partial charge in [-0.25, -0.2) is 0 Å². The summed E-state index contributed by atoms with van der Waals surface area (Å²) in [6.45, 7) is 2.72. The first-order valence-electron chi connectivity index (χ1n) is 6.81. The highest BCUT2D eigenvalue weighted by atomic mass is 16.1. The number of carbonyl (C=O) groups is 1. The normalized spacial score (nSPS) is 16.9. The molecule has 1 unspecified atom stereocenters. The molecule has 0 fully saturated rings. The maximum atomic E-state index is 12.5. The molecule has 102 valence electrons. The number of benzene rings is 1. The van der Waals surface area contributed by atoms with Crippen molar-refractivity contribution >= 4 is 17.3 Å². The van der Waals surface area contributed by atoms with Crippen LogP contribution in [0.15, 0.2) is 42.6 Å². The number of nitrogens with one attached hydrogen (secondary N) is 2. The van der Waals surface area contributed by atoms with E-state index in [0.29, 0.717) is 0 Å². The first kappa shape index (κ1) is 12.7. The highest BCUT2D eigenvalue weighted by Crippen LogP contribution is 2.32. The van der Waals surface area contributed by atoms with E-state index in [9.17, 15) is 4.79 Å². The minimum absolute atomic E-state index is 0.0371. The number of pyridine rings is 1. The van der Waals surface area contributed by atoms with Crippen LogP contribution in [-0.2, 0) is 4.79 Å². The van der Waals surface area contributed by atoms with Crippen LogP contribution in [0.3, 0.4) is 0 Å². The molecule has 3 rings (SSSR count). The lowest BCUT2D eigenvalue weighted by molar-refractivity contribution is -0.117. The Balaban J connectivity index is 1.84. The number of nitrogens with zero attached hydrogens (tertiary/aromatic N) is 1. The predicted octanol–water partition coefficient (Wildman–Crippen LogP) is 2.93. The second-order valence-electron chi connectivity index (χ2n) is 4.98. The largest absolute Gasteiger partial charge is 0.385 e. The smallest absolute Gasteiger partial charge is 0.232 e. The Labute approximate surface area is 118 Å². The van der Waals surface area contributed by atoms with E-state index < -0.39 is 0 Å². The van der Waals surface area contributed by atoms with Crippen LogP contribution >= 0.6 is 0 Å². The van der Waals surface area contributed by atoms with Gasteiger partial charge in [-0.1, -0.05) is 18.2 Å². The number of anilines is 2. The number of fused-ring (bicyclic) bond motifs is 1. The second-order valence-corrected chi connectivity index (χ2v) is 4.98. The predicted molar refractivity (Wildman–Crippen MR) is 79.9 cm³/mol. The van der Waals surface area contributed by atoms with Gasteiger partial charge < -0.3 is 10.6 Å². The lowest BCUT2D eigenvalue weighted by Gasteiger charge is -2.26. The molecule has 2 aromatic rings. The molecule has 4 nitrogen and oxygen atoms in total. The molecule has 0 saturated heterocycles. The van der Waals surface area contributed by atoms with Gasteiger partial charge >= 0.3 is 0 Å². The Morgan fingerprint density at radius 2 is 2.15 bits per heavy atom. The summed E-state index contributed by atoms with van der Waals surface area (Å²) in [5, 5.41) is 6.32. The summed E-state index contributed by atoms with van der Waals surface area (Å²) in [5.74, 6) is -0.0675. The van der Waals surface area contributed by atoms with E-state index in [1.165, 1.54) is 0 Å². The molecule has 1 aromatic carbocycles. The van der Waals surface area contributed by atoms with E-state index in [1.807, 2.05) is 43.3 Å². The Kier molecular flexibility index (Phi) is 3.37. The van der Waals surface area contributed by atoms with Gasteiger partial charge in [0.15, 0.2) is 0 Å².